The van der Waals surface area contributed by atoms with Crippen LogP contribution in [0.25, 0.3) is 0 Å². The van der Waals surface area contributed by atoms with Gasteiger partial charge in [-0.3, -0.25) is 0 Å². The summed E-state index contributed by atoms with van der Waals surface area (Å²) < 4.78 is 81.8. The first-order valence-corrected chi connectivity index (χ1v) is 4.21. The summed E-state index contributed by atoms with van der Waals surface area (Å²) in [5, 5.41) is -5.17. The molecule has 1 atom stereocenters. The summed E-state index contributed by atoms with van der Waals surface area (Å²) in [6, 6.07) is 0. The molecule has 0 amide bonds. The number of halogens is 10. The average Bonchev–Trinajstić information content (AvgIpc) is 2.01. The van der Waals surface area contributed by atoms with Crippen molar-refractivity contribution in [3.05, 3.63) is 0 Å². The molecule has 0 aliphatic heterocycles. The van der Waals surface area contributed by atoms with Crippen LogP contribution >= 0.6 is 34.8 Å². The predicted molar refractivity (Wildman–Crippen MR) is 41.1 cm³/mol. The number of hydrogen-bond acceptors (Lipinski definition) is 0. The van der Waals surface area contributed by atoms with Crippen LogP contribution in [0.4, 0.5) is 30.7 Å². The summed E-state index contributed by atoms with van der Waals surface area (Å²) in [6.07, 6.45) is 0. The van der Waals surface area contributed by atoms with Gasteiger partial charge >= 0.3 is 21.6 Å². The minimum absolute atomic E-state index is 2.96. The normalized spacial score (nSPS) is 18.8. The molecule has 15 heavy (non-hydrogen) atoms. The van der Waals surface area contributed by atoms with Crippen LogP contribution in [0.15, 0.2) is 0 Å². The molecule has 0 spiro atoms. The SMILES string of the molecule is FCC(F)(F)C(F)(F)C(F)(Cl)C(F)(Cl)Cl. The molecular formula is C5H2Cl3F7. The van der Waals surface area contributed by atoms with Crippen molar-refractivity contribution in [3.63, 3.8) is 0 Å². The van der Waals surface area contributed by atoms with Crippen molar-refractivity contribution in [1.82, 2.24) is 0 Å². The lowest BCUT2D eigenvalue weighted by molar-refractivity contribution is -0.263. The standard InChI is InChI=1S/C5H2Cl3F7/c6-3(12,5(7,8)15)4(13,14)2(10,11)1-9/h1H2. The summed E-state index contributed by atoms with van der Waals surface area (Å²) in [5.74, 6) is -11.5. The first-order chi connectivity index (χ1) is 6.31. The van der Waals surface area contributed by atoms with Crippen LogP contribution in [0.1, 0.15) is 0 Å². The Morgan fingerprint density at radius 3 is 1.33 bits per heavy atom. The molecule has 10 heteroatoms. The third-order valence-electron chi connectivity index (χ3n) is 1.38. The van der Waals surface area contributed by atoms with Gasteiger partial charge in [-0.2, -0.15) is 17.6 Å². The minimum Gasteiger partial charge on any atom is -0.244 e. The maximum atomic E-state index is 12.8. The molecule has 0 saturated carbocycles. The van der Waals surface area contributed by atoms with Crippen molar-refractivity contribution in [3.8, 4) is 0 Å². The lowest BCUT2D eigenvalue weighted by Gasteiger charge is -2.35. The zero-order chi connectivity index (χ0) is 12.7. The average molecular weight is 301 g/mol. The Balaban J connectivity index is 5.38. The van der Waals surface area contributed by atoms with E-state index in [4.69, 9.17) is 0 Å². The Kier molecular flexibility index (Phi) is 4.10. The summed E-state index contributed by atoms with van der Waals surface area (Å²) in [7, 11) is 0. The van der Waals surface area contributed by atoms with E-state index in [2.05, 4.69) is 34.8 Å². The fourth-order valence-corrected chi connectivity index (χ4v) is 0.867. The Morgan fingerprint density at radius 2 is 1.13 bits per heavy atom. The monoisotopic (exact) mass is 300 g/mol. The van der Waals surface area contributed by atoms with Crippen LogP contribution in [0.2, 0.25) is 0 Å². The van der Waals surface area contributed by atoms with Gasteiger partial charge in [-0.25, -0.2) is 13.2 Å². The maximum Gasteiger partial charge on any atom is 0.365 e. The molecule has 92 valence electrons. The smallest absolute Gasteiger partial charge is 0.244 e. The quantitative estimate of drug-likeness (QED) is 0.538. The largest absolute Gasteiger partial charge is 0.365 e. The van der Waals surface area contributed by atoms with Crippen LogP contribution < -0.4 is 0 Å². The first-order valence-electron chi connectivity index (χ1n) is 3.07. The van der Waals surface area contributed by atoms with E-state index in [1.165, 1.54) is 0 Å². The summed E-state index contributed by atoms with van der Waals surface area (Å²) >= 11 is 12.6. The van der Waals surface area contributed by atoms with Gasteiger partial charge in [-0.05, 0) is 0 Å². The fraction of sp³-hybridized carbons (Fsp3) is 1.00. The van der Waals surface area contributed by atoms with E-state index in [1.807, 2.05) is 0 Å². The van der Waals surface area contributed by atoms with Gasteiger partial charge in [0.15, 0.2) is 6.67 Å². The Hall–Kier alpha value is 0.380. The highest BCUT2D eigenvalue weighted by molar-refractivity contribution is 6.52. The maximum absolute atomic E-state index is 12.8. The zero-order valence-electron chi connectivity index (χ0n) is 6.49. The third-order valence-corrected chi connectivity index (χ3v) is 2.59. The molecule has 0 aliphatic carbocycles. The lowest BCUT2D eigenvalue weighted by atomic mass is 10.1. The molecule has 0 aliphatic rings. The van der Waals surface area contributed by atoms with E-state index in [0.717, 1.165) is 0 Å². The van der Waals surface area contributed by atoms with Crippen LogP contribution in [0.5, 0.6) is 0 Å². The highest BCUT2D eigenvalue weighted by Gasteiger charge is 2.77. The first kappa shape index (κ1) is 15.4. The van der Waals surface area contributed by atoms with E-state index >= 15 is 0 Å². The van der Waals surface area contributed by atoms with E-state index < -0.39 is 28.2 Å². The molecule has 0 aromatic carbocycles. The highest BCUT2D eigenvalue weighted by Crippen LogP contribution is 2.56. The third kappa shape index (κ3) is 2.39. The molecule has 0 nitrogen and oxygen atoms in total. The number of alkyl halides is 10. The molecule has 0 aromatic heterocycles. The Morgan fingerprint density at radius 1 is 0.800 bits per heavy atom. The second-order valence-corrected chi connectivity index (χ2v) is 4.24. The molecule has 0 N–H and O–H groups in total. The van der Waals surface area contributed by atoms with Crippen molar-refractivity contribution in [2.75, 3.05) is 6.67 Å². The second-order valence-electron chi connectivity index (χ2n) is 2.48. The summed E-state index contributed by atoms with van der Waals surface area (Å²) in [6.45, 7) is -2.96. The van der Waals surface area contributed by atoms with Gasteiger partial charge in [0.1, 0.15) is 0 Å². The van der Waals surface area contributed by atoms with Gasteiger partial charge in [0.25, 0.3) is 0 Å². The van der Waals surface area contributed by atoms with Crippen molar-refractivity contribution in [1.29, 1.82) is 0 Å². The lowest BCUT2D eigenvalue weighted by Crippen LogP contribution is -2.60. The zero-order valence-corrected chi connectivity index (χ0v) is 8.75. The van der Waals surface area contributed by atoms with Crippen molar-refractivity contribution >= 4 is 34.8 Å². The van der Waals surface area contributed by atoms with Crippen LogP contribution in [0.3, 0.4) is 0 Å². The van der Waals surface area contributed by atoms with E-state index in [0.29, 0.717) is 0 Å². The number of hydrogen-bond donors (Lipinski definition) is 0. The van der Waals surface area contributed by atoms with Gasteiger partial charge in [0.2, 0.25) is 0 Å². The van der Waals surface area contributed by atoms with Crippen LogP contribution in [0, 0.1) is 0 Å². The van der Waals surface area contributed by atoms with E-state index in [1.54, 1.807) is 0 Å². The fourth-order valence-electron chi connectivity index (χ4n) is 0.492. The van der Waals surface area contributed by atoms with Crippen molar-refractivity contribution < 1.29 is 30.7 Å². The van der Waals surface area contributed by atoms with Gasteiger partial charge < -0.3 is 0 Å². The van der Waals surface area contributed by atoms with Gasteiger partial charge in [-0.15, -0.1) is 0 Å². The van der Waals surface area contributed by atoms with Crippen molar-refractivity contribution in [2.24, 2.45) is 0 Å². The Bertz CT molecular complexity index is 233. The van der Waals surface area contributed by atoms with Gasteiger partial charge in [0, 0.05) is 0 Å². The molecular weight excluding hydrogens is 299 g/mol. The topological polar surface area (TPSA) is 0 Å². The molecule has 0 fully saturated rings. The van der Waals surface area contributed by atoms with E-state index in [-0.39, 0.29) is 0 Å². The van der Waals surface area contributed by atoms with Gasteiger partial charge in [0.05, 0.1) is 0 Å². The molecule has 1 unspecified atom stereocenters. The molecule has 0 rings (SSSR count). The Labute approximate surface area is 94.3 Å². The minimum atomic E-state index is -5.92. The molecule has 0 aromatic rings. The van der Waals surface area contributed by atoms with Crippen molar-refractivity contribution in [2.45, 2.75) is 21.6 Å². The summed E-state index contributed by atoms with van der Waals surface area (Å²) in [5.41, 5.74) is 0. The predicted octanol–water partition coefficient (Wildman–Crippen LogP) is 4.23. The van der Waals surface area contributed by atoms with Crippen LogP contribution in [-0.2, 0) is 0 Å². The molecule has 0 radical (unpaired) electrons. The number of rotatable bonds is 4. The molecule has 0 heterocycles. The molecule has 0 saturated heterocycles. The second kappa shape index (κ2) is 4.00. The summed E-state index contributed by atoms with van der Waals surface area (Å²) in [4.78, 5) is 0. The van der Waals surface area contributed by atoms with Gasteiger partial charge in [-0.1, -0.05) is 34.8 Å². The van der Waals surface area contributed by atoms with E-state index in [9.17, 15) is 30.7 Å². The highest BCUT2D eigenvalue weighted by atomic mass is 35.5. The van der Waals surface area contributed by atoms with Crippen LogP contribution in [-0.4, -0.2) is 28.2 Å². The molecule has 0 bridgehead atoms.